The molecule has 0 radical (unpaired) electrons. The molecule has 0 spiro atoms. The minimum atomic E-state index is 0.422. The summed E-state index contributed by atoms with van der Waals surface area (Å²) in [4.78, 5) is 1.69. The standard InChI is InChI=1S/C14H15ClN2S2/c1-9-2-4-12(11(8-9)14(16)18)17-7-6-10-3-5-13(15)19-10/h2-5,8,17H,6-7H2,1H3,(H2,16,18). The van der Waals surface area contributed by atoms with Gasteiger partial charge >= 0.3 is 0 Å². The molecule has 0 saturated carbocycles. The SMILES string of the molecule is Cc1ccc(NCCc2ccc(Cl)s2)c(C(N)=S)c1. The highest BCUT2D eigenvalue weighted by Gasteiger charge is 2.05. The van der Waals surface area contributed by atoms with Gasteiger partial charge in [0.15, 0.2) is 0 Å². The number of rotatable bonds is 5. The summed E-state index contributed by atoms with van der Waals surface area (Å²) in [5, 5.41) is 3.38. The van der Waals surface area contributed by atoms with E-state index in [9.17, 15) is 0 Å². The van der Waals surface area contributed by atoms with E-state index in [1.54, 1.807) is 11.3 Å². The highest BCUT2D eigenvalue weighted by atomic mass is 35.5. The van der Waals surface area contributed by atoms with Crippen LogP contribution in [0.4, 0.5) is 5.69 Å². The van der Waals surface area contributed by atoms with Crippen LogP contribution in [-0.4, -0.2) is 11.5 Å². The van der Waals surface area contributed by atoms with Gasteiger partial charge in [-0.05, 0) is 37.6 Å². The molecular weight excluding hydrogens is 296 g/mol. The van der Waals surface area contributed by atoms with Crippen LogP contribution in [0.1, 0.15) is 16.0 Å². The van der Waals surface area contributed by atoms with Crippen molar-refractivity contribution in [2.45, 2.75) is 13.3 Å². The fourth-order valence-corrected chi connectivity index (χ4v) is 3.08. The summed E-state index contributed by atoms with van der Waals surface area (Å²) in [7, 11) is 0. The largest absolute Gasteiger partial charge is 0.389 e. The third-order valence-corrected chi connectivity index (χ3v) is 4.27. The van der Waals surface area contributed by atoms with Crippen molar-refractivity contribution in [3.05, 3.63) is 50.7 Å². The monoisotopic (exact) mass is 310 g/mol. The molecule has 2 nitrogen and oxygen atoms in total. The lowest BCUT2D eigenvalue weighted by Crippen LogP contribution is -2.14. The molecule has 0 aliphatic carbocycles. The Balaban J connectivity index is 2.01. The van der Waals surface area contributed by atoms with Gasteiger partial charge in [-0.3, -0.25) is 0 Å². The molecule has 3 N–H and O–H groups in total. The number of nitrogens with one attached hydrogen (secondary N) is 1. The number of thiophene rings is 1. The summed E-state index contributed by atoms with van der Waals surface area (Å²) in [5.41, 5.74) is 8.79. The number of hydrogen-bond donors (Lipinski definition) is 2. The third kappa shape index (κ3) is 3.93. The van der Waals surface area contributed by atoms with Gasteiger partial charge in [0.25, 0.3) is 0 Å². The van der Waals surface area contributed by atoms with Crippen LogP contribution in [0.2, 0.25) is 4.34 Å². The lowest BCUT2D eigenvalue weighted by Gasteiger charge is -2.11. The van der Waals surface area contributed by atoms with E-state index in [0.717, 1.165) is 34.1 Å². The molecular formula is C14H15ClN2S2. The highest BCUT2D eigenvalue weighted by Crippen LogP contribution is 2.22. The van der Waals surface area contributed by atoms with E-state index >= 15 is 0 Å². The fourth-order valence-electron chi connectivity index (χ4n) is 1.82. The van der Waals surface area contributed by atoms with Crippen molar-refractivity contribution in [2.75, 3.05) is 11.9 Å². The van der Waals surface area contributed by atoms with Crippen LogP contribution in [0, 0.1) is 6.92 Å². The van der Waals surface area contributed by atoms with Gasteiger partial charge in [-0.2, -0.15) is 0 Å². The van der Waals surface area contributed by atoms with E-state index in [-0.39, 0.29) is 0 Å². The molecule has 5 heteroatoms. The van der Waals surface area contributed by atoms with Crippen LogP contribution in [0.5, 0.6) is 0 Å². The molecule has 1 heterocycles. The first-order chi connectivity index (χ1) is 9.06. The lowest BCUT2D eigenvalue weighted by molar-refractivity contribution is 1.04. The van der Waals surface area contributed by atoms with Gasteiger partial charge in [-0.1, -0.05) is 35.4 Å². The first-order valence-corrected chi connectivity index (χ1v) is 7.55. The fraction of sp³-hybridized carbons (Fsp3) is 0.214. The van der Waals surface area contributed by atoms with E-state index in [4.69, 9.17) is 29.6 Å². The number of benzene rings is 1. The zero-order chi connectivity index (χ0) is 13.8. The first kappa shape index (κ1) is 14.3. The summed E-state index contributed by atoms with van der Waals surface area (Å²) < 4.78 is 0.828. The van der Waals surface area contributed by atoms with Gasteiger partial charge in [-0.25, -0.2) is 0 Å². The minimum absolute atomic E-state index is 0.422. The summed E-state index contributed by atoms with van der Waals surface area (Å²) in [6.07, 6.45) is 0.933. The zero-order valence-corrected chi connectivity index (χ0v) is 13.0. The van der Waals surface area contributed by atoms with E-state index in [1.165, 1.54) is 4.88 Å². The molecule has 100 valence electrons. The second-order valence-electron chi connectivity index (χ2n) is 4.30. The van der Waals surface area contributed by atoms with Crippen LogP contribution in [0.25, 0.3) is 0 Å². The van der Waals surface area contributed by atoms with Crippen molar-refractivity contribution in [2.24, 2.45) is 5.73 Å². The maximum Gasteiger partial charge on any atom is 0.106 e. The summed E-state index contributed by atoms with van der Waals surface area (Å²) in [6, 6.07) is 10.1. The Morgan fingerprint density at radius 1 is 1.37 bits per heavy atom. The molecule has 0 unspecified atom stereocenters. The number of aryl methyl sites for hydroxylation is 1. The normalized spacial score (nSPS) is 10.4. The van der Waals surface area contributed by atoms with Crippen molar-refractivity contribution >= 4 is 45.8 Å². The van der Waals surface area contributed by atoms with E-state index in [1.807, 2.05) is 31.2 Å². The summed E-state index contributed by atoms with van der Waals surface area (Å²) in [6.45, 7) is 2.86. The van der Waals surface area contributed by atoms with Gasteiger partial charge in [0.2, 0.25) is 0 Å². The Bertz CT molecular complexity index is 593. The molecule has 1 aromatic heterocycles. The number of thiocarbonyl (C=S) groups is 1. The Kier molecular flexibility index (Phi) is 4.80. The molecule has 0 fully saturated rings. The maximum absolute atomic E-state index is 5.91. The molecule has 19 heavy (non-hydrogen) atoms. The van der Waals surface area contributed by atoms with Crippen molar-refractivity contribution in [3.63, 3.8) is 0 Å². The highest BCUT2D eigenvalue weighted by molar-refractivity contribution is 7.80. The number of nitrogens with two attached hydrogens (primary N) is 1. The topological polar surface area (TPSA) is 38.0 Å². The molecule has 0 amide bonds. The van der Waals surface area contributed by atoms with Crippen LogP contribution < -0.4 is 11.1 Å². The molecule has 1 aromatic carbocycles. The number of hydrogen-bond acceptors (Lipinski definition) is 3. The van der Waals surface area contributed by atoms with Gasteiger partial charge in [0, 0.05) is 22.7 Å². The first-order valence-electron chi connectivity index (χ1n) is 5.95. The molecule has 0 aliphatic rings. The average Bonchev–Trinajstić information content (AvgIpc) is 2.77. The van der Waals surface area contributed by atoms with E-state index < -0.39 is 0 Å². The second-order valence-corrected chi connectivity index (χ2v) is 6.54. The van der Waals surface area contributed by atoms with Crippen molar-refractivity contribution in [1.29, 1.82) is 0 Å². The minimum Gasteiger partial charge on any atom is -0.389 e. The molecule has 2 rings (SSSR count). The van der Waals surface area contributed by atoms with Gasteiger partial charge in [0.1, 0.15) is 4.99 Å². The summed E-state index contributed by atoms with van der Waals surface area (Å²) >= 11 is 12.6. The number of anilines is 1. The van der Waals surface area contributed by atoms with Crippen molar-refractivity contribution in [3.8, 4) is 0 Å². The quantitative estimate of drug-likeness (QED) is 0.820. The lowest BCUT2D eigenvalue weighted by atomic mass is 10.1. The zero-order valence-electron chi connectivity index (χ0n) is 10.6. The van der Waals surface area contributed by atoms with Crippen LogP contribution in [0.3, 0.4) is 0 Å². The molecule has 0 aliphatic heterocycles. The van der Waals surface area contributed by atoms with Crippen LogP contribution in [-0.2, 0) is 6.42 Å². The predicted molar refractivity (Wildman–Crippen MR) is 88.6 cm³/mol. The Labute approximate surface area is 127 Å². The Hall–Kier alpha value is -1.10. The molecule has 0 bridgehead atoms. The Morgan fingerprint density at radius 3 is 2.79 bits per heavy atom. The smallest absolute Gasteiger partial charge is 0.106 e. The molecule has 0 atom stereocenters. The average molecular weight is 311 g/mol. The molecule has 0 saturated heterocycles. The van der Waals surface area contributed by atoms with Gasteiger partial charge < -0.3 is 11.1 Å². The van der Waals surface area contributed by atoms with Gasteiger partial charge in [-0.15, -0.1) is 11.3 Å². The predicted octanol–water partition coefficient (Wildman–Crippen LogP) is 4.00. The second kappa shape index (κ2) is 6.37. The van der Waals surface area contributed by atoms with Crippen molar-refractivity contribution in [1.82, 2.24) is 0 Å². The number of halogens is 1. The van der Waals surface area contributed by atoms with Crippen LogP contribution >= 0.6 is 35.2 Å². The Morgan fingerprint density at radius 2 is 2.16 bits per heavy atom. The van der Waals surface area contributed by atoms with E-state index in [2.05, 4.69) is 11.4 Å². The third-order valence-electron chi connectivity index (χ3n) is 2.76. The summed E-state index contributed by atoms with van der Waals surface area (Å²) in [5.74, 6) is 0. The van der Waals surface area contributed by atoms with E-state index in [0.29, 0.717) is 4.99 Å². The van der Waals surface area contributed by atoms with Gasteiger partial charge in [0.05, 0.1) is 4.34 Å². The van der Waals surface area contributed by atoms with Crippen molar-refractivity contribution < 1.29 is 0 Å². The van der Waals surface area contributed by atoms with Crippen LogP contribution in [0.15, 0.2) is 30.3 Å². The molecule has 2 aromatic rings. The maximum atomic E-state index is 5.91.